The molecule has 0 spiro atoms. The molecule has 6 heteroatoms. The van der Waals surface area contributed by atoms with Crippen molar-refractivity contribution in [3.05, 3.63) is 29.3 Å². The summed E-state index contributed by atoms with van der Waals surface area (Å²) in [6.07, 6.45) is 2.45. The van der Waals surface area contributed by atoms with Gasteiger partial charge in [-0.25, -0.2) is 0 Å². The smallest absolute Gasteiger partial charge is 0.173 e. The lowest BCUT2D eigenvalue weighted by atomic mass is 10.1. The summed E-state index contributed by atoms with van der Waals surface area (Å²) in [5.41, 5.74) is 7.35. The van der Waals surface area contributed by atoms with Crippen LogP contribution in [-0.2, 0) is 6.54 Å². The van der Waals surface area contributed by atoms with E-state index in [1.165, 1.54) is 24.3 Å². The van der Waals surface area contributed by atoms with Gasteiger partial charge in [-0.1, -0.05) is 11.2 Å². The van der Waals surface area contributed by atoms with Crippen LogP contribution < -0.4 is 15.8 Å². The average molecular weight is 295 g/mol. The Hall–Kier alpha value is -1.40. The monoisotopic (exact) mass is 295 g/mol. The molecule has 1 aliphatic rings. The van der Waals surface area contributed by atoms with Crippen molar-refractivity contribution in [2.45, 2.75) is 25.4 Å². The maximum Gasteiger partial charge on any atom is 0.173 e. The number of hydrogen-bond donors (Lipinski definition) is 3. The number of methoxy groups -OCH3 is 1. The summed E-state index contributed by atoms with van der Waals surface area (Å²) >= 11 is 2.02. The first kappa shape index (κ1) is 15.0. The molecule has 1 heterocycles. The highest BCUT2D eigenvalue weighted by Gasteiger charge is 2.13. The molecule has 0 aromatic heterocycles. The first-order valence-corrected chi connectivity index (χ1v) is 7.86. The lowest BCUT2D eigenvalue weighted by molar-refractivity contribution is 0.318. The van der Waals surface area contributed by atoms with Crippen LogP contribution >= 0.6 is 11.8 Å². The van der Waals surface area contributed by atoms with Crippen molar-refractivity contribution in [3.8, 4) is 5.75 Å². The van der Waals surface area contributed by atoms with E-state index in [-0.39, 0.29) is 5.84 Å². The second-order valence-electron chi connectivity index (χ2n) is 4.79. The Morgan fingerprint density at radius 2 is 2.25 bits per heavy atom. The fourth-order valence-corrected chi connectivity index (χ4v) is 3.38. The Bertz CT molecular complexity index is 473. The van der Waals surface area contributed by atoms with E-state index in [0.29, 0.717) is 17.4 Å². The van der Waals surface area contributed by atoms with E-state index in [1.807, 2.05) is 30.0 Å². The van der Waals surface area contributed by atoms with Gasteiger partial charge in [0.05, 0.1) is 12.7 Å². The molecule has 1 saturated heterocycles. The first-order valence-electron chi connectivity index (χ1n) is 6.70. The van der Waals surface area contributed by atoms with Crippen LogP contribution in [0.3, 0.4) is 0 Å². The molecule has 1 aromatic carbocycles. The maximum atomic E-state index is 8.74. The van der Waals surface area contributed by atoms with Crippen molar-refractivity contribution in [2.24, 2.45) is 10.9 Å². The number of nitrogens with zero attached hydrogens (tertiary/aromatic N) is 1. The molecular weight excluding hydrogens is 274 g/mol. The van der Waals surface area contributed by atoms with Gasteiger partial charge in [-0.2, -0.15) is 11.8 Å². The van der Waals surface area contributed by atoms with E-state index in [0.717, 1.165) is 12.1 Å². The van der Waals surface area contributed by atoms with Gasteiger partial charge in [-0.05, 0) is 42.0 Å². The third kappa shape index (κ3) is 3.80. The molecule has 0 saturated carbocycles. The van der Waals surface area contributed by atoms with Crippen LogP contribution in [0.5, 0.6) is 5.75 Å². The van der Waals surface area contributed by atoms with Crippen LogP contribution in [0.15, 0.2) is 23.4 Å². The molecule has 5 nitrogen and oxygen atoms in total. The fourth-order valence-electron chi connectivity index (χ4n) is 2.27. The Balaban J connectivity index is 2.01. The van der Waals surface area contributed by atoms with Crippen LogP contribution in [0.1, 0.15) is 24.0 Å². The van der Waals surface area contributed by atoms with E-state index in [1.54, 1.807) is 7.11 Å². The van der Waals surface area contributed by atoms with Gasteiger partial charge in [-0.3, -0.25) is 0 Å². The molecule has 0 bridgehead atoms. The van der Waals surface area contributed by atoms with Gasteiger partial charge in [0.25, 0.3) is 0 Å². The molecule has 0 atom stereocenters. The summed E-state index contributed by atoms with van der Waals surface area (Å²) in [6.45, 7) is 0.808. The molecule has 20 heavy (non-hydrogen) atoms. The van der Waals surface area contributed by atoms with Crippen molar-refractivity contribution >= 4 is 17.6 Å². The van der Waals surface area contributed by atoms with Crippen molar-refractivity contribution in [2.75, 3.05) is 18.6 Å². The lowest BCUT2D eigenvalue weighted by Crippen LogP contribution is -2.32. The van der Waals surface area contributed by atoms with E-state index >= 15 is 0 Å². The molecule has 1 fully saturated rings. The molecule has 0 amide bonds. The summed E-state index contributed by atoms with van der Waals surface area (Å²) in [4.78, 5) is 0. The minimum Gasteiger partial charge on any atom is -0.496 e. The van der Waals surface area contributed by atoms with E-state index in [9.17, 15) is 0 Å². The highest BCUT2D eigenvalue weighted by molar-refractivity contribution is 7.99. The van der Waals surface area contributed by atoms with E-state index < -0.39 is 0 Å². The van der Waals surface area contributed by atoms with Crippen LogP contribution in [0.2, 0.25) is 0 Å². The van der Waals surface area contributed by atoms with Crippen LogP contribution in [0, 0.1) is 0 Å². The predicted octanol–water partition coefficient (Wildman–Crippen LogP) is 1.77. The molecule has 0 aliphatic carbocycles. The number of rotatable bonds is 5. The Morgan fingerprint density at radius 3 is 2.90 bits per heavy atom. The zero-order valence-electron chi connectivity index (χ0n) is 11.6. The zero-order chi connectivity index (χ0) is 14.4. The van der Waals surface area contributed by atoms with Gasteiger partial charge in [-0.15, -0.1) is 0 Å². The van der Waals surface area contributed by atoms with Crippen LogP contribution in [0.4, 0.5) is 0 Å². The fraction of sp³-hybridized carbons (Fsp3) is 0.500. The number of nitrogens with two attached hydrogens (primary N) is 1. The molecular formula is C14H21N3O2S. The minimum atomic E-state index is 0.0608. The number of thioether (sulfide) groups is 1. The SMILES string of the molecule is COc1cc(CNC2CCSCC2)ccc1/C(N)=N/O. The van der Waals surface area contributed by atoms with Gasteiger partial charge in [0.1, 0.15) is 5.75 Å². The van der Waals surface area contributed by atoms with Crippen molar-refractivity contribution in [3.63, 3.8) is 0 Å². The van der Waals surface area contributed by atoms with Gasteiger partial charge in [0.15, 0.2) is 5.84 Å². The Morgan fingerprint density at radius 1 is 1.50 bits per heavy atom. The number of hydrogen-bond acceptors (Lipinski definition) is 5. The average Bonchev–Trinajstić information content (AvgIpc) is 2.52. The summed E-state index contributed by atoms with van der Waals surface area (Å²) in [5, 5.41) is 15.3. The molecule has 110 valence electrons. The number of oxime groups is 1. The normalized spacial score (nSPS) is 17.1. The second-order valence-corrected chi connectivity index (χ2v) is 6.01. The standard InChI is InChI=1S/C14H21N3O2S/c1-19-13-8-10(2-3-12(13)14(15)17-18)9-16-11-4-6-20-7-5-11/h2-3,8,11,16,18H,4-7,9H2,1H3,(H2,15,17). The van der Waals surface area contributed by atoms with Gasteiger partial charge < -0.3 is 21.0 Å². The highest BCUT2D eigenvalue weighted by atomic mass is 32.2. The molecule has 4 N–H and O–H groups in total. The van der Waals surface area contributed by atoms with Gasteiger partial charge in [0.2, 0.25) is 0 Å². The molecule has 0 radical (unpaired) electrons. The summed E-state index contributed by atoms with van der Waals surface area (Å²) in [7, 11) is 1.58. The zero-order valence-corrected chi connectivity index (χ0v) is 12.4. The van der Waals surface area contributed by atoms with Crippen molar-refractivity contribution in [1.29, 1.82) is 0 Å². The van der Waals surface area contributed by atoms with E-state index in [2.05, 4.69) is 10.5 Å². The predicted molar refractivity (Wildman–Crippen MR) is 82.7 cm³/mol. The number of benzene rings is 1. The van der Waals surface area contributed by atoms with E-state index in [4.69, 9.17) is 15.7 Å². The minimum absolute atomic E-state index is 0.0608. The highest BCUT2D eigenvalue weighted by Crippen LogP contribution is 2.21. The van der Waals surface area contributed by atoms with Gasteiger partial charge in [0, 0.05) is 12.6 Å². The van der Waals surface area contributed by atoms with Crippen LogP contribution in [-0.4, -0.2) is 35.7 Å². The van der Waals surface area contributed by atoms with Crippen LogP contribution in [0.25, 0.3) is 0 Å². The topological polar surface area (TPSA) is 79.9 Å². The summed E-state index contributed by atoms with van der Waals surface area (Å²) < 4.78 is 5.30. The third-order valence-corrected chi connectivity index (χ3v) is 4.51. The summed E-state index contributed by atoms with van der Waals surface area (Å²) in [6, 6.07) is 6.33. The molecule has 1 aromatic rings. The Kier molecular flexibility index (Phi) is 5.55. The largest absolute Gasteiger partial charge is 0.496 e. The van der Waals surface area contributed by atoms with Crippen molar-refractivity contribution < 1.29 is 9.94 Å². The lowest BCUT2D eigenvalue weighted by Gasteiger charge is -2.22. The molecule has 1 aliphatic heterocycles. The first-order chi connectivity index (χ1) is 9.74. The number of amidine groups is 1. The number of nitrogens with one attached hydrogen (secondary N) is 1. The van der Waals surface area contributed by atoms with Gasteiger partial charge >= 0.3 is 0 Å². The second kappa shape index (κ2) is 7.40. The molecule has 2 rings (SSSR count). The Labute approximate surface area is 123 Å². The quantitative estimate of drug-likeness (QED) is 0.334. The summed E-state index contributed by atoms with van der Waals surface area (Å²) in [5.74, 6) is 3.16. The molecule has 0 unspecified atom stereocenters. The third-order valence-electron chi connectivity index (χ3n) is 3.47. The van der Waals surface area contributed by atoms with Crippen molar-refractivity contribution in [1.82, 2.24) is 5.32 Å². The maximum absolute atomic E-state index is 8.74. The number of ether oxygens (including phenoxy) is 1.